The standard InChI is InChI=1S/C20H27FN4O2.ClH/c1-14-10-15(2)25(24-14)18-5-4-16(11-17(18)21)19(26)23-12-20(13-27-3)6-8-22-9-7-20;/h4-5,10-11,22H,6-9,12-13H2,1-3H3,(H,23,26);1H. The fraction of sp³-hybridized carbons (Fsp3) is 0.500. The predicted octanol–water partition coefficient (Wildman–Crippen LogP) is 2.80. The molecule has 2 aromatic rings. The highest BCUT2D eigenvalue weighted by atomic mass is 35.5. The number of amides is 1. The van der Waals surface area contributed by atoms with Crippen molar-refractivity contribution < 1.29 is 13.9 Å². The second-order valence-electron chi connectivity index (χ2n) is 7.37. The number of hydrogen-bond acceptors (Lipinski definition) is 4. The lowest BCUT2D eigenvalue weighted by Gasteiger charge is -2.37. The van der Waals surface area contributed by atoms with E-state index in [0.717, 1.165) is 37.3 Å². The average molecular weight is 411 g/mol. The highest BCUT2D eigenvalue weighted by Gasteiger charge is 2.32. The monoisotopic (exact) mass is 410 g/mol. The number of benzene rings is 1. The van der Waals surface area contributed by atoms with Crippen molar-refractivity contribution in [3.63, 3.8) is 0 Å². The van der Waals surface area contributed by atoms with Crippen molar-refractivity contribution in [1.29, 1.82) is 0 Å². The van der Waals surface area contributed by atoms with Gasteiger partial charge in [-0.1, -0.05) is 0 Å². The molecule has 0 aliphatic carbocycles. The summed E-state index contributed by atoms with van der Waals surface area (Å²) in [6.45, 7) is 6.66. The number of nitrogens with zero attached hydrogens (tertiary/aromatic N) is 2. The molecule has 0 spiro atoms. The molecule has 1 saturated heterocycles. The van der Waals surface area contributed by atoms with Crippen LogP contribution in [0.15, 0.2) is 24.3 Å². The van der Waals surface area contributed by atoms with E-state index in [0.29, 0.717) is 24.4 Å². The van der Waals surface area contributed by atoms with Gasteiger partial charge in [-0.25, -0.2) is 9.07 Å². The summed E-state index contributed by atoms with van der Waals surface area (Å²) in [4.78, 5) is 12.5. The van der Waals surface area contributed by atoms with E-state index < -0.39 is 5.82 Å². The van der Waals surface area contributed by atoms with E-state index >= 15 is 0 Å². The van der Waals surface area contributed by atoms with E-state index in [2.05, 4.69) is 15.7 Å². The third-order valence-corrected chi connectivity index (χ3v) is 5.19. The van der Waals surface area contributed by atoms with Crippen molar-refractivity contribution in [1.82, 2.24) is 20.4 Å². The van der Waals surface area contributed by atoms with Gasteiger partial charge in [-0.3, -0.25) is 4.79 Å². The number of piperidine rings is 1. The summed E-state index contributed by atoms with van der Waals surface area (Å²) in [5.74, 6) is -0.745. The van der Waals surface area contributed by atoms with Crippen molar-refractivity contribution in [2.24, 2.45) is 5.41 Å². The normalized spacial score (nSPS) is 15.7. The molecule has 154 valence electrons. The van der Waals surface area contributed by atoms with Gasteiger partial charge in [-0.2, -0.15) is 5.10 Å². The van der Waals surface area contributed by atoms with Crippen LogP contribution in [0.1, 0.15) is 34.6 Å². The number of nitrogens with one attached hydrogen (secondary N) is 2. The van der Waals surface area contributed by atoms with Crippen LogP contribution in [0.3, 0.4) is 0 Å². The molecule has 0 unspecified atom stereocenters. The summed E-state index contributed by atoms with van der Waals surface area (Å²) < 4.78 is 21.5. The molecule has 0 radical (unpaired) electrons. The predicted molar refractivity (Wildman–Crippen MR) is 109 cm³/mol. The Labute approximate surface area is 171 Å². The second-order valence-corrected chi connectivity index (χ2v) is 7.37. The Morgan fingerprint density at radius 2 is 2.04 bits per heavy atom. The maximum absolute atomic E-state index is 14.6. The van der Waals surface area contributed by atoms with Gasteiger partial charge in [0.25, 0.3) is 5.91 Å². The molecule has 1 fully saturated rings. The van der Waals surface area contributed by atoms with Gasteiger partial charge in [-0.15, -0.1) is 12.4 Å². The number of aryl methyl sites for hydroxylation is 2. The van der Waals surface area contributed by atoms with E-state index in [4.69, 9.17) is 4.74 Å². The first kappa shape index (κ1) is 22.3. The number of carbonyl (C=O) groups is 1. The second kappa shape index (κ2) is 9.49. The lowest BCUT2D eigenvalue weighted by Crippen LogP contribution is -2.47. The molecule has 28 heavy (non-hydrogen) atoms. The zero-order valence-corrected chi connectivity index (χ0v) is 17.4. The zero-order valence-electron chi connectivity index (χ0n) is 16.5. The van der Waals surface area contributed by atoms with Gasteiger partial charge in [0.15, 0.2) is 0 Å². The van der Waals surface area contributed by atoms with Gasteiger partial charge >= 0.3 is 0 Å². The van der Waals surface area contributed by atoms with Gasteiger partial charge in [0.05, 0.1) is 12.3 Å². The zero-order chi connectivity index (χ0) is 19.4. The van der Waals surface area contributed by atoms with Crippen LogP contribution in [0.5, 0.6) is 0 Å². The van der Waals surface area contributed by atoms with Gasteiger partial charge in [0.2, 0.25) is 0 Å². The van der Waals surface area contributed by atoms with Crippen LogP contribution in [0.25, 0.3) is 5.69 Å². The Hall–Kier alpha value is -1.96. The molecule has 1 amide bonds. The Kier molecular flexibility index (Phi) is 7.57. The molecule has 1 aromatic carbocycles. The summed E-state index contributed by atoms with van der Waals surface area (Å²) in [6.07, 6.45) is 1.87. The average Bonchev–Trinajstić information content (AvgIpc) is 2.98. The first-order chi connectivity index (χ1) is 12.9. The summed E-state index contributed by atoms with van der Waals surface area (Å²) in [6, 6.07) is 6.38. The van der Waals surface area contributed by atoms with Gasteiger partial charge < -0.3 is 15.4 Å². The van der Waals surface area contributed by atoms with Crippen LogP contribution in [0.2, 0.25) is 0 Å². The van der Waals surface area contributed by atoms with Crippen molar-refractivity contribution in [3.05, 3.63) is 47.0 Å². The van der Waals surface area contributed by atoms with Crippen LogP contribution >= 0.6 is 12.4 Å². The van der Waals surface area contributed by atoms with Gasteiger partial charge in [0.1, 0.15) is 11.5 Å². The number of methoxy groups -OCH3 is 1. The number of carbonyl (C=O) groups excluding carboxylic acids is 1. The Morgan fingerprint density at radius 1 is 1.32 bits per heavy atom. The molecule has 0 atom stereocenters. The van der Waals surface area contributed by atoms with Crippen LogP contribution in [-0.4, -0.2) is 49.0 Å². The molecular weight excluding hydrogens is 383 g/mol. The fourth-order valence-electron chi connectivity index (χ4n) is 3.70. The minimum Gasteiger partial charge on any atom is -0.384 e. The smallest absolute Gasteiger partial charge is 0.251 e. The molecule has 0 saturated carbocycles. The molecule has 1 aliphatic rings. The number of hydrogen-bond donors (Lipinski definition) is 2. The molecule has 0 bridgehead atoms. The molecule has 1 aliphatic heterocycles. The number of ether oxygens (including phenoxy) is 1. The molecule has 2 N–H and O–H groups in total. The highest BCUT2D eigenvalue weighted by molar-refractivity contribution is 5.94. The Morgan fingerprint density at radius 3 is 2.61 bits per heavy atom. The van der Waals surface area contributed by atoms with Crippen LogP contribution in [-0.2, 0) is 4.74 Å². The maximum atomic E-state index is 14.6. The van der Waals surface area contributed by atoms with Crippen molar-refractivity contribution in [2.75, 3.05) is 33.4 Å². The lowest BCUT2D eigenvalue weighted by molar-refractivity contribution is 0.0511. The van der Waals surface area contributed by atoms with Crippen molar-refractivity contribution >= 4 is 18.3 Å². The molecule has 8 heteroatoms. The molecule has 6 nitrogen and oxygen atoms in total. The molecule has 1 aromatic heterocycles. The Bertz CT molecular complexity index is 813. The lowest BCUT2D eigenvalue weighted by atomic mass is 9.79. The van der Waals surface area contributed by atoms with Gasteiger partial charge in [-0.05, 0) is 64.0 Å². The van der Waals surface area contributed by atoms with Crippen molar-refractivity contribution in [3.8, 4) is 5.69 Å². The van der Waals surface area contributed by atoms with Crippen LogP contribution in [0, 0.1) is 25.1 Å². The van der Waals surface area contributed by atoms with E-state index in [1.54, 1.807) is 23.9 Å². The van der Waals surface area contributed by atoms with E-state index in [1.165, 1.54) is 6.07 Å². The molecule has 2 heterocycles. The van der Waals surface area contributed by atoms with Crippen molar-refractivity contribution in [2.45, 2.75) is 26.7 Å². The minimum atomic E-state index is -0.470. The van der Waals surface area contributed by atoms with E-state index in [1.807, 2.05) is 19.9 Å². The molecular formula is C20H28ClFN4O2. The quantitative estimate of drug-likeness (QED) is 0.768. The molecule has 3 rings (SSSR count). The fourth-order valence-corrected chi connectivity index (χ4v) is 3.70. The SMILES string of the molecule is COCC1(CNC(=O)c2ccc(-n3nc(C)cc3C)c(F)c2)CCNCC1.Cl. The van der Waals surface area contributed by atoms with Crippen LogP contribution in [0.4, 0.5) is 4.39 Å². The summed E-state index contributed by atoms with van der Waals surface area (Å²) in [5.41, 5.74) is 2.23. The first-order valence-corrected chi connectivity index (χ1v) is 9.25. The van der Waals surface area contributed by atoms with E-state index in [9.17, 15) is 9.18 Å². The first-order valence-electron chi connectivity index (χ1n) is 9.25. The maximum Gasteiger partial charge on any atom is 0.251 e. The van der Waals surface area contributed by atoms with Crippen LogP contribution < -0.4 is 10.6 Å². The number of halogens is 2. The summed E-state index contributed by atoms with van der Waals surface area (Å²) in [7, 11) is 1.68. The third-order valence-electron chi connectivity index (χ3n) is 5.19. The minimum absolute atomic E-state index is 0. The topological polar surface area (TPSA) is 68.2 Å². The summed E-state index contributed by atoms with van der Waals surface area (Å²) in [5, 5.41) is 10.6. The van der Waals surface area contributed by atoms with Gasteiger partial charge in [0, 0.05) is 30.3 Å². The highest BCUT2D eigenvalue weighted by Crippen LogP contribution is 2.28. The summed E-state index contributed by atoms with van der Waals surface area (Å²) >= 11 is 0. The largest absolute Gasteiger partial charge is 0.384 e. The number of aromatic nitrogens is 2. The third kappa shape index (κ3) is 4.90. The number of rotatable bonds is 6. The Balaban J connectivity index is 0.00000280. The van der Waals surface area contributed by atoms with E-state index in [-0.39, 0.29) is 23.7 Å².